The number of hydrogen-bond donors (Lipinski definition) is 1. The fourth-order valence-electron chi connectivity index (χ4n) is 1.93. The van der Waals surface area contributed by atoms with Crippen LogP contribution in [0.15, 0.2) is 24.9 Å². The predicted molar refractivity (Wildman–Crippen MR) is 91.3 cm³/mol. The number of rotatable bonds is 8. The van der Waals surface area contributed by atoms with Gasteiger partial charge < -0.3 is 18.8 Å². The number of anilines is 1. The van der Waals surface area contributed by atoms with E-state index in [1.807, 2.05) is 0 Å². The number of methoxy groups -OCH3 is 1. The van der Waals surface area contributed by atoms with E-state index >= 15 is 0 Å². The van der Waals surface area contributed by atoms with Crippen molar-refractivity contribution in [2.75, 3.05) is 25.6 Å². The first-order valence-corrected chi connectivity index (χ1v) is 7.74. The summed E-state index contributed by atoms with van der Waals surface area (Å²) < 4.78 is 17.0. The summed E-state index contributed by atoms with van der Waals surface area (Å²) in [5.74, 6) is -0.451. The number of aryl methyl sites for hydroxylation is 1. The van der Waals surface area contributed by atoms with Crippen molar-refractivity contribution in [3.63, 3.8) is 0 Å². The van der Waals surface area contributed by atoms with Crippen LogP contribution >= 0.6 is 0 Å². The minimum Gasteiger partial charge on any atom is -0.455 e. The molecule has 0 unspecified atom stereocenters. The molecule has 1 aromatic rings. The summed E-state index contributed by atoms with van der Waals surface area (Å²) >= 11 is 0. The second-order valence-corrected chi connectivity index (χ2v) is 6.17. The van der Waals surface area contributed by atoms with E-state index in [-0.39, 0.29) is 6.61 Å². The molecule has 0 atom stereocenters. The molecule has 0 aromatic carbocycles. The van der Waals surface area contributed by atoms with Crippen molar-refractivity contribution in [3.8, 4) is 0 Å². The molecule has 24 heavy (non-hydrogen) atoms. The summed E-state index contributed by atoms with van der Waals surface area (Å²) in [6.45, 7) is 10.1. The number of aromatic nitrogens is 1. The van der Waals surface area contributed by atoms with E-state index in [9.17, 15) is 9.59 Å². The van der Waals surface area contributed by atoms with Gasteiger partial charge in [-0.05, 0) is 33.3 Å². The molecule has 1 heterocycles. The first-order valence-electron chi connectivity index (χ1n) is 7.74. The summed E-state index contributed by atoms with van der Waals surface area (Å²) in [6.07, 6.45) is 3.26. The van der Waals surface area contributed by atoms with E-state index in [4.69, 9.17) is 14.2 Å². The molecular formula is C17H26N2O5. The molecule has 0 aliphatic heterocycles. The van der Waals surface area contributed by atoms with Gasteiger partial charge in [-0.2, -0.15) is 0 Å². The molecule has 1 aromatic heterocycles. The maximum Gasteiger partial charge on any atom is 0.411 e. The van der Waals surface area contributed by atoms with Gasteiger partial charge in [0.15, 0.2) is 0 Å². The number of carbonyl (C=O) groups is 2. The summed E-state index contributed by atoms with van der Waals surface area (Å²) in [4.78, 5) is 24.0. The average Bonchev–Trinajstić information content (AvgIpc) is 2.86. The standard InChI is InChI=1S/C17H26N2O5/c1-6-9-23-16(21)18-13-11-14(15(20)24-17(2,3)4)19(12-13)8-7-10-22-5/h6,11-12H,1,7-10H2,2-5H3,(H,18,21). The zero-order valence-electron chi connectivity index (χ0n) is 14.8. The van der Waals surface area contributed by atoms with Crippen molar-refractivity contribution < 1.29 is 23.8 Å². The lowest BCUT2D eigenvalue weighted by Gasteiger charge is -2.20. The molecule has 1 N–H and O–H groups in total. The molecular weight excluding hydrogens is 312 g/mol. The fourth-order valence-corrected chi connectivity index (χ4v) is 1.93. The maximum atomic E-state index is 12.4. The molecule has 0 bridgehead atoms. The molecule has 7 heteroatoms. The first-order chi connectivity index (χ1) is 11.3. The zero-order valence-corrected chi connectivity index (χ0v) is 14.8. The Bertz CT molecular complexity index is 572. The highest BCUT2D eigenvalue weighted by molar-refractivity contribution is 5.92. The lowest BCUT2D eigenvalue weighted by atomic mass is 10.2. The number of hydrogen-bond acceptors (Lipinski definition) is 5. The van der Waals surface area contributed by atoms with Crippen LogP contribution in [0.4, 0.5) is 10.5 Å². The maximum absolute atomic E-state index is 12.4. The number of ether oxygens (including phenoxy) is 3. The Morgan fingerprint density at radius 3 is 2.67 bits per heavy atom. The van der Waals surface area contributed by atoms with Crippen LogP contribution in [0.3, 0.4) is 0 Å². The van der Waals surface area contributed by atoms with Crippen molar-refractivity contribution in [1.82, 2.24) is 4.57 Å². The van der Waals surface area contributed by atoms with Crippen LogP contribution in [0, 0.1) is 0 Å². The highest BCUT2D eigenvalue weighted by atomic mass is 16.6. The van der Waals surface area contributed by atoms with E-state index in [1.54, 1.807) is 44.7 Å². The minimum atomic E-state index is -0.611. The number of carbonyl (C=O) groups excluding carboxylic acids is 2. The largest absolute Gasteiger partial charge is 0.455 e. The van der Waals surface area contributed by atoms with E-state index in [0.717, 1.165) is 6.42 Å². The summed E-state index contributed by atoms with van der Waals surface area (Å²) in [6, 6.07) is 1.57. The van der Waals surface area contributed by atoms with Crippen LogP contribution in [-0.2, 0) is 20.8 Å². The van der Waals surface area contributed by atoms with E-state index in [0.29, 0.717) is 24.5 Å². The fraction of sp³-hybridized carbons (Fsp3) is 0.529. The Labute approximate surface area is 142 Å². The van der Waals surface area contributed by atoms with Crippen LogP contribution in [0.1, 0.15) is 37.7 Å². The molecule has 0 fully saturated rings. The highest BCUT2D eigenvalue weighted by Gasteiger charge is 2.22. The number of esters is 1. The van der Waals surface area contributed by atoms with Gasteiger partial charge in [0.05, 0.1) is 5.69 Å². The molecule has 7 nitrogen and oxygen atoms in total. The van der Waals surface area contributed by atoms with Crippen molar-refractivity contribution in [2.24, 2.45) is 0 Å². The number of nitrogens with one attached hydrogen (secondary N) is 1. The Hall–Kier alpha value is -2.28. The lowest BCUT2D eigenvalue weighted by Crippen LogP contribution is -2.25. The molecule has 1 rings (SSSR count). The molecule has 0 radical (unpaired) electrons. The van der Waals surface area contributed by atoms with Gasteiger partial charge in [0, 0.05) is 26.5 Å². The third kappa shape index (κ3) is 6.87. The van der Waals surface area contributed by atoms with Crippen LogP contribution in [-0.4, -0.2) is 42.6 Å². The topological polar surface area (TPSA) is 78.8 Å². The first kappa shape index (κ1) is 19.8. The summed E-state index contributed by atoms with van der Waals surface area (Å²) in [7, 11) is 1.62. The second kappa shape index (κ2) is 9.12. The SMILES string of the molecule is C=CCOC(=O)Nc1cc(C(=O)OC(C)(C)C)n(CCCOC)c1. The Morgan fingerprint density at radius 1 is 1.38 bits per heavy atom. The number of amides is 1. The van der Waals surface area contributed by atoms with Crippen molar-refractivity contribution >= 4 is 17.7 Å². The van der Waals surface area contributed by atoms with E-state index in [1.165, 1.54) is 6.08 Å². The smallest absolute Gasteiger partial charge is 0.411 e. The van der Waals surface area contributed by atoms with Crippen LogP contribution in [0.5, 0.6) is 0 Å². The summed E-state index contributed by atoms with van der Waals surface area (Å²) in [5, 5.41) is 2.58. The van der Waals surface area contributed by atoms with Crippen molar-refractivity contribution in [1.29, 1.82) is 0 Å². The third-order valence-electron chi connectivity index (χ3n) is 2.83. The third-order valence-corrected chi connectivity index (χ3v) is 2.83. The molecule has 1 amide bonds. The van der Waals surface area contributed by atoms with Gasteiger partial charge in [-0.15, -0.1) is 0 Å². The molecule has 134 valence electrons. The van der Waals surface area contributed by atoms with Gasteiger partial charge in [0.25, 0.3) is 0 Å². The molecule has 0 aliphatic carbocycles. The van der Waals surface area contributed by atoms with Crippen molar-refractivity contribution in [2.45, 2.75) is 39.3 Å². The van der Waals surface area contributed by atoms with Crippen LogP contribution in [0.2, 0.25) is 0 Å². The van der Waals surface area contributed by atoms with Gasteiger partial charge in [-0.1, -0.05) is 12.7 Å². The zero-order chi connectivity index (χ0) is 18.2. The Morgan fingerprint density at radius 2 is 2.08 bits per heavy atom. The molecule has 0 aliphatic rings. The van der Waals surface area contributed by atoms with E-state index in [2.05, 4.69) is 11.9 Å². The normalized spacial score (nSPS) is 11.0. The van der Waals surface area contributed by atoms with Gasteiger partial charge in [-0.25, -0.2) is 9.59 Å². The number of nitrogens with zero attached hydrogens (tertiary/aromatic N) is 1. The van der Waals surface area contributed by atoms with Crippen LogP contribution < -0.4 is 5.32 Å². The quantitative estimate of drug-likeness (QED) is 0.447. The van der Waals surface area contributed by atoms with Gasteiger partial charge in [0.2, 0.25) is 0 Å². The lowest BCUT2D eigenvalue weighted by molar-refractivity contribution is 0.00570. The summed E-state index contributed by atoms with van der Waals surface area (Å²) in [5.41, 5.74) is 0.220. The Kier molecular flexibility index (Phi) is 7.51. The van der Waals surface area contributed by atoms with Gasteiger partial charge >= 0.3 is 12.1 Å². The Balaban J connectivity index is 2.90. The second-order valence-electron chi connectivity index (χ2n) is 6.17. The molecule has 0 saturated heterocycles. The van der Waals surface area contributed by atoms with E-state index < -0.39 is 17.7 Å². The average molecular weight is 338 g/mol. The molecule has 0 saturated carbocycles. The minimum absolute atomic E-state index is 0.110. The van der Waals surface area contributed by atoms with Crippen LogP contribution in [0.25, 0.3) is 0 Å². The van der Waals surface area contributed by atoms with Crippen molar-refractivity contribution in [3.05, 3.63) is 30.6 Å². The highest BCUT2D eigenvalue weighted by Crippen LogP contribution is 2.19. The monoisotopic (exact) mass is 338 g/mol. The molecule has 0 spiro atoms. The van der Waals surface area contributed by atoms with Gasteiger partial charge in [-0.3, -0.25) is 5.32 Å². The predicted octanol–water partition coefficient (Wildman–Crippen LogP) is 3.21. The van der Waals surface area contributed by atoms with Gasteiger partial charge in [0.1, 0.15) is 17.9 Å².